The molecular formula is C21H33N3O3S. The monoisotopic (exact) mass is 407 g/mol. The maximum atomic E-state index is 11.8. The Bertz CT molecular complexity index is 762. The van der Waals surface area contributed by atoms with Gasteiger partial charge >= 0.3 is 0 Å². The fraction of sp³-hybridized carbons (Fsp3) is 0.571. The maximum Gasteiger partial charge on any atom is 0.224 e. The van der Waals surface area contributed by atoms with Gasteiger partial charge in [0.05, 0.1) is 5.25 Å². The number of carbonyl (C=O) groups excluding carboxylic acids is 1. The summed E-state index contributed by atoms with van der Waals surface area (Å²) in [4.78, 5) is 10.9. The average molecular weight is 408 g/mol. The topological polar surface area (TPSA) is 69.7 Å². The van der Waals surface area contributed by atoms with E-state index in [1.165, 1.54) is 0 Å². The third-order valence-electron chi connectivity index (χ3n) is 4.50. The SMILES string of the molecule is CC(CNS(=O)(=O)C(C)C)c1ccc(C#CCCCCN(C=O)N(C)C)cc1. The van der Waals surface area contributed by atoms with Crippen LogP contribution in [0.3, 0.4) is 0 Å². The van der Waals surface area contributed by atoms with E-state index < -0.39 is 15.3 Å². The first-order valence-electron chi connectivity index (χ1n) is 9.64. The highest BCUT2D eigenvalue weighted by Gasteiger charge is 2.16. The van der Waals surface area contributed by atoms with Crippen molar-refractivity contribution in [2.45, 2.75) is 51.2 Å². The summed E-state index contributed by atoms with van der Waals surface area (Å²) in [6, 6.07) is 7.93. The van der Waals surface area contributed by atoms with Crippen molar-refractivity contribution < 1.29 is 13.2 Å². The largest absolute Gasteiger partial charge is 0.279 e. The van der Waals surface area contributed by atoms with Gasteiger partial charge in [-0.2, -0.15) is 0 Å². The van der Waals surface area contributed by atoms with Gasteiger partial charge in [-0.3, -0.25) is 9.80 Å². The third kappa shape index (κ3) is 8.42. The van der Waals surface area contributed by atoms with Gasteiger partial charge in [-0.25, -0.2) is 18.1 Å². The zero-order valence-electron chi connectivity index (χ0n) is 17.6. The highest BCUT2D eigenvalue weighted by molar-refractivity contribution is 7.90. The number of hydrogen-bond donors (Lipinski definition) is 1. The molecular weight excluding hydrogens is 374 g/mol. The standard InChI is InChI=1S/C21H33N3O3S/c1-18(2)28(26,27)22-16-19(3)21-13-11-20(12-14-21)10-8-6-7-9-15-24(17-25)23(4)5/h11-14,17-19,22H,6-7,9,15-16H2,1-5H3. The molecule has 0 radical (unpaired) electrons. The van der Waals surface area contributed by atoms with E-state index in [1.807, 2.05) is 45.3 Å². The number of hydrogen-bond acceptors (Lipinski definition) is 4. The van der Waals surface area contributed by atoms with Gasteiger partial charge in [-0.15, -0.1) is 0 Å². The van der Waals surface area contributed by atoms with Gasteiger partial charge in [-0.1, -0.05) is 30.9 Å². The van der Waals surface area contributed by atoms with Crippen LogP contribution in [0.1, 0.15) is 57.1 Å². The third-order valence-corrected chi connectivity index (χ3v) is 6.31. The molecule has 0 aliphatic carbocycles. The van der Waals surface area contributed by atoms with Gasteiger partial charge in [0.2, 0.25) is 16.4 Å². The van der Waals surface area contributed by atoms with Gasteiger partial charge in [-0.05, 0) is 50.3 Å². The second-order valence-corrected chi connectivity index (χ2v) is 9.66. The lowest BCUT2D eigenvalue weighted by Crippen LogP contribution is -2.36. The molecule has 0 heterocycles. The van der Waals surface area contributed by atoms with Crippen LogP contribution in [0.15, 0.2) is 24.3 Å². The van der Waals surface area contributed by atoms with Gasteiger partial charge in [0.1, 0.15) is 0 Å². The lowest BCUT2D eigenvalue weighted by atomic mass is 10.0. The van der Waals surface area contributed by atoms with Crippen molar-refractivity contribution >= 4 is 16.4 Å². The van der Waals surface area contributed by atoms with Crippen molar-refractivity contribution in [1.82, 2.24) is 14.7 Å². The highest BCUT2D eigenvalue weighted by Crippen LogP contribution is 2.15. The molecule has 28 heavy (non-hydrogen) atoms. The van der Waals surface area contributed by atoms with Crippen molar-refractivity contribution in [2.75, 3.05) is 27.2 Å². The van der Waals surface area contributed by atoms with Crippen LogP contribution in [0.4, 0.5) is 0 Å². The van der Waals surface area contributed by atoms with Crippen LogP contribution in [-0.2, 0) is 14.8 Å². The van der Waals surface area contributed by atoms with Crippen LogP contribution >= 0.6 is 0 Å². The Morgan fingerprint density at radius 2 is 1.75 bits per heavy atom. The molecule has 6 nitrogen and oxygen atoms in total. The summed E-state index contributed by atoms with van der Waals surface area (Å²) in [5, 5.41) is 2.98. The Balaban J connectivity index is 2.45. The van der Waals surface area contributed by atoms with E-state index in [0.717, 1.165) is 36.8 Å². The second-order valence-electron chi connectivity index (χ2n) is 7.34. The van der Waals surface area contributed by atoms with Crippen molar-refractivity contribution in [3.63, 3.8) is 0 Å². The van der Waals surface area contributed by atoms with Crippen LogP contribution in [0.2, 0.25) is 0 Å². The summed E-state index contributed by atoms with van der Waals surface area (Å²) in [5.74, 6) is 6.41. The van der Waals surface area contributed by atoms with E-state index in [9.17, 15) is 13.2 Å². The van der Waals surface area contributed by atoms with E-state index >= 15 is 0 Å². The Labute approximate surface area is 170 Å². The molecule has 1 N–H and O–H groups in total. The van der Waals surface area contributed by atoms with Gasteiger partial charge < -0.3 is 0 Å². The Morgan fingerprint density at radius 3 is 2.29 bits per heavy atom. The van der Waals surface area contributed by atoms with Crippen LogP contribution in [-0.4, -0.2) is 57.3 Å². The summed E-state index contributed by atoms with van der Waals surface area (Å²) >= 11 is 0. The molecule has 0 aromatic heterocycles. The smallest absolute Gasteiger partial charge is 0.224 e. The number of nitrogens with zero attached hydrogens (tertiary/aromatic N) is 2. The van der Waals surface area contributed by atoms with Crippen molar-refractivity contribution in [2.24, 2.45) is 0 Å². The summed E-state index contributed by atoms with van der Waals surface area (Å²) in [6.07, 6.45) is 3.47. The molecule has 0 spiro atoms. The summed E-state index contributed by atoms with van der Waals surface area (Å²) in [7, 11) is 0.452. The number of carbonyl (C=O) groups is 1. The highest BCUT2D eigenvalue weighted by atomic mass is 32.2. The van der Waals surface area contributed by atoms with Crippen LogP contribution in [0.5, 0.6) is 0 Å². The van der Waals surface area contributed by atoms with Crippen LogP contribution in [0.25, 0.3) is 0 Å². The lowest BCUT2D eigenvalue weighted by Gasteiger charge is -2.23. The molecule has 7 heteroatoms. The number of unbranched alkanes of at least 4 members (excludes halogenated alkanes) is 2. The minimum absolute atomic E-state index is 0.0907. The number of hydrazine groups is 1. The molecule has 1 amide bonds. The number of benzene rings is 1. The zero-order chi connectivity index (χ0) is 21.2. The summed E-state index contributed by atoms with van der Waals surface area (Å²) in [5.41, 5.74) is 2.02. The Hall–Kier alpha value is -1.88. The maximum absolute atomic E-state index is 11.8. The first-order valence-corrected chi connectivity index (χ1v) is 11.2. The molecule has 1 aromatic rings. The summed E-state index contributed by atoms with van der Waals surface area (Å²) in [6.45, 7) is 6.42. The first-order chi connectivity index (χ1) is 13.2. The average Bonchev–Trinajstić information content (AvgIpc) is 2.65. The molecule has 0 aliphatic rings. The Kier molecular flexibility index (Phi) is 10.2. The first kappa shape index (κ1) is 24.2. The number of rotatable bonds is 11. The van der Waals surface area contributed by atoms with E-state index in [2.05, 4.69) is 16.6 Å². The molecule has 1 aromatic carbocycles. The van der Waals surface area contributed by atoms with Crippen LogP contribution < -0.4 is 4.72 Å². The molecule has 156 valence electrons. The molecule has 0 aliphatic heterocycles. The van der Waals surface area contributed by atoms with Gasteiger partial charge in [0.15, 0.2) is 0 Å². The van der Waals surface area contributed by atoms with E-state index in [1.54, 1.807) is 23.9 Å². The molecule has 1 rings (SSSR count). The van der Waals surface area contributed by atoms with Crippen LogP contribution in [0, 0.1) is 11.8 Å². The van der Waals surface area contributed by atoms with Crippen molar-refractivity contribution in [3.8, 4) is 11.8 Å². The van der Waals surface area contributed by atoms with Crippen molar-refractivity contribution in [1.29, 1.82) is 0 Å². The van der Waals surface area contributed by atoms with Gasteiger partial charge in [0.25, 0.3) is 0 Å². The molecule has 0 saturated heterocycles. The van der Waals surface area contributed by atoms with Gasteiger partial charge in [0, 0.05) is 39.2 Å². The Morgan fingerprint density at radius 1 is 1.11 bits per heavy atom. The number of nitrogens with one attached hydrogen (secondary N) is 1. The predicted molar refractivity (Wildman–Crippen MR) is 114 cm³/mol. The molecule has 0 saturated carbocycles. The number of sulfonamides is 1. The summed E-state index contributed by atoms with van der Waals surface area (Å²) < 4.78 is 26.4. The molecule has 1 atom stereocenters. The van der Waals surface area contributed by atoms with Crippen molar-refractivity contribution in [3.05, 3.63) is 35.4 Å². The minimum Gasteiger partial charge on any atom is -0.279 e. The zero-order valence-corrected chi connectivity index (χ0v) is 18.4. The predicted octanol–water partition coefficient (Wildman–Crippen LogP) is 2.57. The fourth-order valence-electron chi connectivity index (χ4n) is 2.42. The van der Waals surface area contributed by atoms with E-state index in [0.29, 0.717) is 13.1 Å². The fourth-order valence-corrected chi connectivity index (χ4v) is 3.24. The normalized spacial score (nSPS) is 12.5. The lowest BCUT2D eigenvalue weighted by molar-refractivity contribution is -0.130. The second kappa shape index (κ2) is 11.8. The van der Waals surface area contributed by atoms with E-state index in [4.69, 9.17) is 0 Å². The number of amides is 1. The molecule has 0 fully saturated rings. The molecule has 0 bridgehead atoms. The molecule has 1 unspecified atom stereocenters. The minimum atomic E-state index is -3.24. The quantitative estimate of drug-likeness (QED) is 0.265. The van der Waals surface area contributed by atoms with E-state index in [-0.39, 0.29) is 5.92 Å².